The summed E-state index contributed by atoms with van der Waals surface area (Å²) < 4.78 is 6.78. The van der Waals surface area contributed by atoms with E-state index < -0.39 is 5.60 Å². The van der Waals surface area contributed by atoms with Crippen molar-refractivity contribution in [3.05, 3.63) is 12.2 Å². The lowest BCUT2D eigenvalue weighted by Crippen LogP contribution is -2.57. The summed E-state index contributed by atoms with van der Waals surface area (Å²) in [6.07, 6.45) is 15.7. The van der Waals surface area contributed by atoms with Crippen LogP contribution in [-0.4, -0.2) is 77.4 Å². The maximum absolute atomic E-state index is 11.3. The summed E-state index contributed by atoms with van der Waals surface area (Å²) in [7, 11) is 7.49. The molecule has 49 heavy (non-hydrogen) atoms. The smallest absolute Gasteiger partial charge is 0.193 e. The summed E-state index contributed by atoms with van der Waals surface area (Å²) in [5.74, 6) is 6.86. The first kappa shape index (κ1) is 36.2. The average Bonchev–Trinajstić information content (AvgIpc) is 3.35. The Morgan fingerprint density at radius 2 is 1.90 bits per heavy atom. The van der Waals surface area contributed by atoms with Crippen LogP contribution in [0.3, 0.4) is 0 Å². The van der Waals surface area contributed by atoms with Crippen molar-refractivity contribution in [3.8, 4) is 0 Å². The summed E-state index contributed by atoms with van der Waals surface area (Å²) in [5, 5.41) is 32.1. The van der Waals surface area contributed by atoms with Crippen LogP contribution in [0.2, 0.25) is 0 Å². The van der Waals surface area contributed by atoms with E-state index >= 15 is 0 Å². The number of rotatable bonds is 5. The van der Waals surface area contributed by atoms with Gasteiger partial charge in [0.1, 0.15) is 6.17 Å². The molecule has 0 radical (unpaired) electrons. The molecule has 0 aromatic rings. The zero-order valence-corrected chi connectivity index (χ0v) is 32.1. The van der Waals surface area contributed by atoms with Crippen LogP contribution in [0, 0.1) is 46.3 Å². The predicted molar refractivity (Wildman–Crippen MR) is 203 cm³/mol. The Labute approximate surface area is 303 Å². The van der Waals surface area contributed by atoms with Crippen LogP contribution in [0.1, 0.15) is 110 Å². The second kappa shape index (κ2) is 14.0. The highest BCUT2D eigenvalue weighted by atomic mass is 33.1. The molecule has 2 aliphatic heterocycles. The normalized spacial score (nSPS) is 49.7. The second-order valence-corrected chi connectivity index (χ2v) is 20.4. The molecule has 276 valence electrons. The standard InChI is InChI=1S/C38H64N6O3S2/c1-23-17-37(13-8-24(18-37)9-14-38(46)11-6-7-27(45)19-38)32-36(3,47-32)12-10-29-28(23)20-35(29,2)30-16-25-15-26(30)21-48-49-22-42-34(41-5)44-31(25)43-33(39)40-4/h24-32,45-46H,1,6-22H2,2-5H3,(H3,39,40,43)(H2,41,42,44)/t24-,25-,26-,27+,28+,29+,30-,31-,32+,35-,36+,37+,38+/m0/s1. The van der Waals surface area contributed by atoms with Crippen molar-refractivity contribution in [1.82, 2.24) is 16.0 Å². The molecule has 1 spiro atoms. The third-order valence-electron chi connectivity index (χ3n) is 14.8. The Morgan fingerprint density at radius 3 is 2.67 bits per heavy atom. The number of aliphatic hydroxyl groups is 2. The molecule has 0 aromatic carbocycles. The van der Waals surface area contributed by atoms with Crippen LogP contribution in [-0.2, 0) is 4.74 Å². The van der Waals surface area contributed by atoms with E-state index in [1.54, 1.807) is 7.05 Å². The van der Waals surface area contributed by atoms with Crippen molar-refractivity contribution in [2.24, 2.45) is 62.1 Å². The number of aliphatic imine (C=N–C) groups is 2. The Bertz CT molecular complexity index is 1300. The zero-order chi connectivity index (χ0) is 34.6. The van der Waals surface area contributed by atoms with Crippen LogP contribution in [0.4, 0.5) is 0 Å². The van der Waals surface area contributed by atoms with Gasteiger partial charge in [-0.15, -0.1) is 0 Å². The third kappa shape index (κ3) is 7.15. The van der Waals surface area contributed by atoms with Gasteiger partial charge in [0.15, 0.2) is 11.9 Å². The number of fused-ring (bicyclic) bond motifs is 5. The van der Waals surface area contributed by atoms with E-state index in [1.165, 1.54) is 56.3 Å². The van der Waals surface area contributed by atoms with Crippen molar-refractivity contribution in [3.63, 3.8) is 0 Å². The molecule has 7 aliphatic rings. The van der Waals surface area contributed by atoms with Gasteiger partial charge in [-0.25, -0.2) is 0 Å². The first-order valence-electron chi connectivity index (χ1n) is 19.4. The minimum Gasteiger partial charge on any atom is -0.393 e. The largest absolute Gasteiger partial charge is 0.393 e. The quantitative estimate of drug-likeness (QED) is 0.0688. The van der Waals surface area contributed by atoms with Crippen molar-refractivity contribution in [2.45, 2.75) is 140 Å². The average molecular weight is 717 g/mol. The third-order valence-corrected chi connectivity index (χ3v) is 17.1. The number of allylic oxidation sites excluding steroid dienone is 1. The van der Waals surface area contributed by atoms with Crippen molar-refractivity contribution >= 4 is 33.5 Å². The predicted octanol–water partition coefficient (Wildman–Crippen LogP) is 5.78. The monoisotopic (exact) mass is 716 g/mol. The number of nitrogens with one attached hydrogen (secondary N) is 3. The number of nitrogens with two attached hydrogens (primary N) is 1. The van der Waals surface area contributed by atoms with Gasteiger partial charge < -0.3 is 36.6 Å². The second-order valence-electron chi connectivity index (χ2n) is 17.9. The highest BCUT2D eigenvalue weighted by Gasteiger charge is 2.67. The Kier molecular flexibility index (Phi) is 10.4. The number of aliphatic hydroxyl groups excluding tert-OH is 1. The van der Waals surface area contributed by atoms with Crippen molar-refractivity contribution in [1.29, 1.82) is 0 Å². The molecule has 7 rings (SSSR count). The molecule has 13 atom stereocenters. The fourth-order valence-electron chi connectivity index (χ4n) is 12.2. The molecule has 0 aromatic heterocycles. The number of hydrogen-bond donors (Lipinski definition) is 6. The van der Waals surface area contributed by atoms with Gasteiger partial charge in [-0.3, -0.25) is 9.98 Å². The van der Waals surface area contributed by atoms with Gasteiger partial charge in [0.05, 0.1) is 29.3 Å². The fourth-order valence-corrected chi connectivity index (χ4v) is 14.4. The molecule has 2 bridgehead atoms. The molecule has 2 heterocycles. The van der Waals surface area contributed by atoms with Gasteiger partial charge in [0.25, 0.3) is 0 Å². The molecular weight excluding hydrogens is 653 g/mol. The number of epoxide rings is 1. The summed E-state index contributed by atoms with van der Waals surface area (Å²) >= 11 is 0. The van der Waals surface area contributed by atoms with Crippen molar-refractivity contribution in [2.75, 3.05) is 25.7 Å². The van der Waals surface area contributed by atoms with Crippen LogP contribution < -0.4 is 21.7 Å². The molecule has 0 amide bonds. The fraction of sp³-hybridized carbons (Fsp3) is 0.895. The van der Waals surface area contributed by atoms with E-state index in [0.29, 0.717) is 54.0 Å². The zero-order valence-electron chi connectivity index (χ0n) is 30.5. The molecule has 5 aliphatic carbocycles. The summed E-state index contributed by atoms with van der Waals surface area (Å²) in [6.45, 7) is 9.93. The van der Waals surface area contributed by atoms with Crippen LogP contribution in [0.15, 0.2) is 22.1 Å². The maximum Gasteiger partial charge on any atom is 0.193 e. The van der Waals surface area contributed by atoms with Gasteiger partial charge in [-0.05, 0) is 138 Å². The van der Waals surface area contributed by atoms with E-state index in [0.717, 1.165) is 56.8 Å². The van der Waals surface area contributed by atoms with Gasteiger partial charge >= 0.3 is 0 Å². The number of nitrogens with zero attached hydrogens (tertiary/aromatic N) is 2. The molecule has 0 unspecified atom stereocenters. The van der Waals surface area contributed by atoms with Gasteiger partial charge in [-0.1, -0.05) is 40.7 Å². The molecule has 7 fully saturated rings. The highest BCUT2D eigenvalue weighted by Crippen LogP contribution is 2.70. The number of guanidine groups is 2. The number of hydrogen-bond acceptors (Lipinski definition) is 7. The van der Waals surface area contributed by atoms with E-state index in [2.05, 4.69) is 39.8 Å². The molecule has 5 saturated carbocycles. The van der Waals surface area contributed by atoms with Crippen LogP contribution in [0.5, 0.6) is 0 Å². The lowest BCUT2D eigenvalue weighted by molar-refractivity contribution is -0.0806. The number of ether oxygens (including phenoxy) is 1. The van der Waals surface area contributed by atoms with Gasteiger partial charge in [0, 0.05) is 31.7 Å². The van der Waals surface area contributed by atoms with E-state index in [4.69, 9.17) is 17.0 Å². The van der Waals surface area contributed by atoms with E-state index in [1.807, 2.05) is 28.6 Å². The van der Waals surface area contributed by atoms with E-state index in [9.17, 15) is 10.2 Å². The SMILES string of the molecule is C=C1C[C@@]2(CC[C@@H](CC[C@]3(O)CCC[C@@H](O)C3)C2)[C@@H]2O[C@]2(C)CC[C@@H]2[C@@H]1C[C@]2(C)[C@H]1C[C@@H]2C[C@H]1CSSCNC(=NC)N[C@@H]2NC(N)=NC. The van der Waals surface area contributed by atoms with Gasteiger partial charge in [0.2, 0.25) is 0 Å². The Hall–Kier alpha value is -1.14. The first-order valence-corrected chi connectivity index (χ1v) is 21.8. The minimum absolute atomic E-state index is 0.0216. The molecular formula is C38H64N6O3S2. The van der Waals surface area contributed by atoms with Crippen LogP contribution in [0.25, 0.3) is 0 Å². The summed E-state index contributed by atoms with van der Waals surface area (Å²) in [5.41, 5.74) is 7.52. The van der Waals surface area contributed by atoms with E-state index in [-0.39, 0.29) is 28.7 Å². The van der Waals surface area contributed by atoms with Gasteiger partial charge in [-0.2, -0.15) is 0 Å². The maximum atomic E-state index is 11.3. The summed E-state index contributed by atoms with van der Waals surface area (Å²) in [6, 6.07) is 0. The topological polar surface area (TPSA) is 140 Å². The lowest BCUT2D eigenvalue weighted by atomic mass is 9.45. The lowest BCUT2D eigenvalue weighted by Gasteiger charge is -2.59. The Morgan fingerprint density at radius 1 is 1.06 bits per heavy atom. The molecule has 9 nitrogen and oxygen atoms in total. The molecule has 2 saturated heterocycles. The first-order chi connectivity index (χ1) is 23.4. The summed E-state index contributed by atoms with van der Waals surface area (Å²) in [4.78, 5) is 8.74. The highest BCUT2D eigenvalue weighted by molar-refractivity contribution is 8.76. The van der Waals surface area contributed by atoms with Crippen LogP contribution >= 0.6 is 21.6 Å². The van der Waals surface area contributed by atoms with Crippen molar-refractivity contribution < 1.29 is 14.9 Å². The minimum atomic E-state index is -0.681. The Balaban J connectivity index is 1.06. The molecule has 7 N–H and O–H groups in total. The molecule has 11 heteroatoms.